The topological polar surface area (TPSA) is 55.4 Å². The molecule has 0 N–H and O–H groups in total. The van der Waals surface area contributed by atoms with Crippen LogP contribution in [0.25, 0.3) is 22.3 Å². The first-order valence-corrected chi connectivity index (χ1v) is 76.3. The molecule has 0 saturated heterocycles. The highest BCUT2D eigenvalue weighted by Crippen LogP contribution is 2.45. The molecule has 0 radical (unpaired) electrons. The summed E-state index contributed by atoms with van der Waals surface area (Å²) in [6.45, 7) is 78.8. The molecular weight excluding hydrogens is 1840 g/mol. The van der Waals surface area contributed by atoms with Crippen LogP contribution in [0.15, 0.2) is 340 Å². The minimum atomic E-state index is -1.98. The first kappa shape index (κ1) is 125. The van der Waals surface area contributed by atoms with Crippen molar-refractivity contribution in [3.63, 3.8) is 0 Å². The van der Waals surface area contributed by atoms with Crippen LogP contribution in [-0.4, -0.2) is 125 Å². The number of rotatable bonds is 18. The Hall–Kier alpha value is -7.43. The lowest BCUT2D eigenvalue weighted by Gasteiger charge is -2.41. The molecular formula is C122H188O6Si10. The first-order valence-electron chi connectivity index (χ1n) is 49.5. The first-order chi connectivity index (χ1) is 63.4. The van der Waals surface area contributed by atoms with E-state index in [1.54, 1.807) is 35.0 Å². The van der Waals surface area contributed by atoms with Crippen LogP contribution in [0, 0.1) is 0 Å². The van der Waals surface area contributed by atoms with Gasteiger partial charge in [0.2, 0.25) is 0 Å². The van der Waals surface area contributed by atoms with Crippen molar-refractivity contribution in [3.05, 3.63) is 340 Å². The van der Waals surface area contributed by atoms with Gasteiger partial charge in [0, 0.05) is 42.7 Å². The normalized spacial score (nSPS) is 13.1. The molecule has 0 unspecified atom stereocenters. The van der Waals surface area contributed by atoms with Gasteiger partial charge in [-0.2, -0.15) is 0 Å². The molecule has 752 valence electrons. The summed E-state index contributed by atoms with van der Waals surface area (Å²) in [7, 11) is -4.76. The van der Waals surface area contributed by atoms with E-state index in [0.717, 1.165) is 22.2 Å². The molecule has 12 aromatic rings. The van der Waals surface area contributed by atoms with Gasteiger partial charge in [-0.05, 0) is 172 Å². The zero-order chi connectivity index (χ0) is 102. The van der Waals surface area contributed by atoms with E-state index in [0.29, 0.717) is 20.2 Å². The number of benzene rings is 12. The summed E-state index contributed by atoms with van der Waals surface area (Å²) in [6, 6.07) is 122. The second kappa shape index (κ2) is 54.3. The van der Waals surface area contributed by atoms with Crippen LogP contribution >= 0.6 is 0 Å². The van der Waals surface area contributed by atoms with E-state index in [4.69, 9.17) is 26.6 Å². The number of fused-ring (bicyclic) bond motifs is 6. The molecule has 12 aromatic carbocycles. The van der Waals surface area contributed by atoms with Gasteiger partial charge in [0.15, 0.2) is 33.3 Å². The lowest BCUT2D eigenvalue weighted by molar-refractivity contribution is 0.378. The van der Waals surface area contributed by atoms with Gasteiger partial charge in [0.25, 0.3) is 16.6 Å². The molecule has 0 atom stereocenters. The summed E-state index contributed by atoms with van der Waals surface area (Å²) in [5.41, 5.74) is 8.76. The Morgan fingerprint density at radius 2 is 0.341 bits per heavy atom. The van der Waals surface area contributed by atoms with Crippen LogP contribution in [0.5, 0.6) is 0 Å². The molecule has 0 spiro atoms. The predicted molar refractivity (Wildman–Crippen MR) is 645 cm³/mol. The van der Waals surface area contributed by atoms with Crippen LogP contribution in [0.3, 0.4) is 0 Å². The van der Waals surface area contributed by atoms with Gasteiger partial charge in [0.1, 0.15) is 32.3 Å². The third-order valence-corrected chi connectivity index (χ3v) is 75.4. The lowest BCUT2D eigenvalue weighted by atomic mass is 10.1. The largest absolute Gasteiger partial charge is 0.421 e. The van der Waals surface area contributed by atoms with Crippen molar-refractivity contribution in [2.24, 2.45) is 0 Å². The highest BCUT2D eigenvalue weighted by molar-refractivity contribution is 7.08. The minimum Gasteiger partial charge on any atom is -0.421 e. The van der Waals surface area contributed by atoms with Crippen LogP contribution in [0.1, 0.15) is 153 Å². The molecule has 0 aromatic heterocycles. The second-order valence-corrected chi connectivity index (χ2v) is 91.3. The summed E-state index contributed by atoms with van der Waals surface area (Å²) >= 11 is 0. The quantitative estimate of drug-likeness (QED) is 0.0798. The van der Waals surface area contributed by atoms with Crippen molar-refractivity contribution in [1.82, 2.24) is 0 Å². The number of hydrogen-bond donors (Lipinski definition) is 0. The number of hydrogen-bond acceptors (Lipinski definition) is 6. The smallest absolute Gasteiger partial charge is 0.252 e. The maximum absolute atomic E-state index is 5.85. The van der Waals surface area contributed by atoms with Gasteiger partial charge in [-0.15, -0.1) is 0 Å². The third-order valence-electron chi connectivity index (χ3n) is 30.7. The maximum atomic E-state index is 5.85. The SMILES string of the molecule is C.C.CC(C)(C)[Si](C)(c1ccccc1)c1ccccc1.CC(C)(C)[Si](C)(c1ccccc1)c1ccccc1.CC(C)(C)[Si]1(C)c2ccccc2-c2ccccc21.CC(C)(C)[Si]1(C)c2ccccc2-c2ccccc21.CO[Si](C)(C(C)C)C(C)C.CO[Si](C)(C(C)C)C(C)C.CO[Si](C)(C)C.CO[Si](C)(C)C.CO[Si](C)(c1ccccc1)c1ccccc1.CO[Si](C)(c1ccccc1)c1ccccc1. The Labute approximate surface area is 856 Å². The van der Waals surface area contributed by atoms with Crippen molar-refractivity contribution in [3.8, 4) is 22.3 Å². The molecule has 2 aliphatic heterocycles. The molecule has 6 nitrogen and oxygen atoms in total. The Bertz CT molecular complexity index is 4780. The third kappa shape index (κ3) is 31.3. The van der Waals surface area contributed by atoms with Gasteiger partial charge in [-0.1, -0.05) is 540 Å². The van der Waals surface area contributed by atoms with E-state index in [-0.39, 0.29) is 14.9 Å². The molecule has 0 bridgehead atoms. The van der Waals surface area contributed by atoms with Crippen LogP contribution in [-0.2, 0) is 26.6 Å². The lowest BCUT2D eigenvalue weighted by Crippen LogP contribution is -2.61. The molecule has 16 heteroatoms. The van der Waals surface area contributed by atoms with Gasteiger partial charge < -0.3 is 26.6 Å². The summed E-state index contributed by atoms with van der Waals surface area (Å²) in [5, 5.41) is 19.0. The molecule has 2 heterocycles. The Morgan fingerprint density at radius 3 is 0.449 bits per heavy atom. The molecule has 0 saturated carbocycles. The summed E-state index contributed by atoms with van der Waals surface area (Å²) < 4.78 is 33.0. The molecule has 14 rings (SSSR count). The summed E-state index contributed by atoms with van der Waals surface area (Å²) in [6.07, 6.45) is 0. The fraction of sp³-hybridized carbons (Fsp3) is 0.410. The van der Waals surface area contributed by atoms with Gasteiger partial charge in [-0.25, -0.2) is 0 Å². The van der Waals surface area contributed by atoms with E-state index >= 15 is 0 Å². The molecule has 0 fully saturated rings. The van der Waals surface area contributed by atoms with Crippen LogP contribution < -0.4 is 62.2 Å². The Morgan fingerprint density at radius 1 is 0.203 bits per heavy atom. The standard InChI is InChI=1S/2C17H20Si.2C17H22Si.2C14H16OSi.2C8H20OSi.2C4H12OSi.2CH4/c2*1-17(2,3)18(4)15-11-7-5-9-13(15)14-10-6-8-12-16(14)18;2*1-17(2,3)18(4,15-11-7-5-8-12-15)16-13-9-6-10-14-16;2*1-15-16(2,13-9-5-3-6-10-13)14-11-7-4-8-12-14;2*1-7(2)10(6,9-5)8(3)4;2*1-5-6(2,3)4;;/h2*5-12H,1-4H3;2*5-14H,1-4H3;2*3-12H,1-2H3;2*7-8H,1-6H3;2*1-4H3;2*1H4. The second-order valence-electron chi connectivity index (χ2n) is 45.1. The van der Waals surface area contributed by atoms with E-state index in [9.17, 15) is 0 Å². The Kier molecular flexibility index (Phi) is 49.1. The zero-order valence-electron chi connectivity index (χ0n) is 92.1. The van der Waals surface area contributed by atoms with Gasteiger partial charge in [-0.3, -0.25) is 0 Å². The van der Waals surface area contributed by atoms with Crippen LogP contribution in [0.4, 0.5) is 0 Å². The molecule has 138 heavy (non-hydrogen) atoms. The fourth-order valence-electron chi connectivity index (χ4n) is 17.8. The fourth-order valence-corrected chi connectivity index (χ4v) is 43.4. The highest BCUT2D eigenvalue weighted by Gasteiger charge is 2.52. The minimum absolute atomic E-state index is 0. The average molecular weight is 2030 g/mol. The van der Waals surface area contributed by atoms with Crippen molar-refractivity contribution in [2.75, 3.05) is 42.7 Å². The highest BCUT2D eigenvalue weighted by atomic mass is 28.4. The molecule has 0 aliphatic carbocycles. The van der Waals surface area contributed by atoms with E-state index < -0.39 is 82.2 Å². The van der Waals surface area contributed by atoms with E-state index in [2.05, 4.69) is 546 Å². The van der Waals surface area contributed by atoms with Crippen molar-refractivity contribution in [2.45, 2.75) is 287 Å². The van der Waals surface area contributed by atoms with Gasteiger partial charge >= 0.3 is 0 Å². The molecule has 2 aliphatic rings. The van der Waals surface area contributed by atoms with E-state index in [1.165, 1.54) is 63.7 Å². The predicted octanol–water partition coefficient (Wildman–Crippen LogP) is 29.0. The maximum Gasteiger partial charge on any atom is 0.252 e. The van der Waals surface area contributed by atoms with Crippen molar-refractivity contribution in [1.29, 1.82) is 0 Å². The monoisotopic (exact) mass is 2030 g/mol. The summed E-state index contributed by atoms with van der Waals surface area (Å²) in [4.78, 5) is 0. The van der Waals surface area contributed by atoms with Crippen molar-refractivity contribution >= 4 is 144 Å². The van der Waals surface area contributed by atoms with E-state index in [1.807, 2.05) is 52.7 Å². The Balaban J connectivity index is 0.000000401. The summed E-state index contributed by atoms with van der Waals surface area (Å²) in [5.74, 6) is 0. The van der Waals surface area contributed by atoms with Gasteiger partial charge in [0.05, 0.1) is 0 Å². The molecule has 0 amide bonds. The zero-order valence-corrected chi connectivity index (χ0v) is 102. The van der Waals surface area contributed by atoms with Crippen LogP contribution in [0.2, 0.25) is 134 Å². The van der Waals surface area contributed by atoms with Crippen molar-refractivity contribution < 1.29 is 26.6 Å². The average Bonchev–Trinajstić information content (AvgIpc) is 1.56.